The molecule has 0 amide bonds. The summed E-state index contributed by atoms with van der Waals surface area (Å²) in [5.41, 5.74) is 5.51. The van der Waals surface area contributed by atoms with Crippen molar-refractivity contribution in [2.45, 2.75) is 96.8 Å². The van der Waals surface area contributed by atoms with E-state index in [1.807, 2.05) is 0 Å². The Balaban J connectivity index is 1.85. The highest BCUT2D eigenvalue weighted by atomic mass is 15.2. The van der Waals surface area contributed by atoms with E-state index in [-0.39, 0.29) is 0 Å². The predicted molar refractivity (Wildman–Crippen MR) is 116 cm³/mol. The van der Waals surface area contributed by atoms with Gasteiger partial charge in [-0.2, -0.15) is 0 Å². The van der Waals surface area contributed by atoms with Crippen molar-refractivity contribution in [1.29, 1.82) is 0 Å². The van der Waals surface area contributed by atoms with Crippen LogP contribution in [0.3, 0.4) is 0 Å². The molecule has 4 nitrogen and oxygen atoms in total. The molecule has 1 aliphatic heterocycles. The molecular weight excluding hydrogens is 320 g/mol. The van der Waals surface area contributed by atoms with Crippen LogP contribution in [0.2, 0.25) is 0 Å². The second kappa shape index (κ2) is 17.8. The van der Waals surface area contributed by atoms with Gasteiger partial charge in [0, 0.05) is 39.1 Å². The highest BCUT2D eigenvalue weighted by Crippen LogP contribution is 2.14. The minimum Gasteiger partial charge on any atom is -0.357 e. The van der Waals surface area contributed by atoms with Gasteiger partial charge in [-0.3, -0.25) is 4.99 Å². The van der Waals surface area contributed by atoms with Gasteiger partial charge in [-0.1, -0.05) is 84.0 Å². The van der Waals surface area contributed by atoms with E-state index in [0.29, 0.717) is 0 Å². The number of amidine groups is 1. The van der Waals surface area contributed by atoms with Crippen LogP contribution in [-0.4, -0.2) is 50.0 Å². The molecule has 0 unspecified atom stereocenters. The van der Waals surface area contributed by atoms with E-state index in [1.165, 1.54) is 95.7 Å². The van der Waals surface area contributed by atoms with Gasteiger partial charge in [-0.15, -0.1) is 0 Å². The highest BCUT2D eigenvalue weighted by molar-refractivity contribution is 5.83. The minimum atomic E-state index is 0.722. The van der Waals surface area contributed by atoms with Crippen LogP contribution in [0.5, 0.6) is 0 Å². The van der Waals surface area contributed by atoms with Crippen LogP contribution in [0, 0.1) is 0 Å². The van der Waals surface area contributed by atoms with Crippen LogP contribution in [0.4, 0.5) is 0 Å². The summed E-state index contributed by atoms with van der Waals surface area (Å²) in [5.74, 6) is 1.35. The van der Waals surface area contributed by atoms with Crippen LogP contribution < -0.4 is 11.1 Å². The largest absolute Gasteiger partial charge is 0.357 e. The maximum Gasteiger partial charge on any atom is 0.0990 e. The van der Waals surface area contributed by atoms with Gasteiger partial charge in [0.1, 0.15) is 0 Å². The summed E-state index contributed by atoms with van der Waals surface area (Å²) in [6.45, 7) is 8.13. The van der Waals surface area contributed by atoms with Gasteiger partial charge in [0.2, 0.25) is 0 Å². The molecular formula is C22H46N4. The molecule has 0 aliphatic carbocycles. The zero-order valence-corrected chi connectivity index (χ0v) is 17.6. The molecule has 0 aromatic rings. The molecule has 1 rings (SSSR count). The van der Waals surface area contributed by atoms with Crippen LogP contribution in [-0.2, 0) is 0 Å². The predicted octanol–water partition coefficient (Wildman–Crippen LogP) is 4.73. The number of hydrogen-bond donors (Lipinski definition) is 2. The molecule has 154 valence electrons. The smallest absolute Gasteiger partial charge is 0.0990 e. The second-order valence-corrected chi connectivity index (χ2v) is 7.82. The maximum absolute atomic E-state index is 5.51. The number of aliphatic imine (C=N–C) groups is 1. The van der Waals surface area contributed by atoms with Crippen LogP contribution in [0.1, 0.15) is 96.8 Å². The summed E-state index contributed by atoms with van der Waals surface area (Å²) in [4.78, 5) is 7.16. The van der Waals surface area contributed by atoms with Gasteiger partial charge in [-0.05, 0) is 6.42 Å². The lowest BCUT2D eigenvalue weighted by Crippen LogP contribution is -2.36. The van der Waals surface area contributed by atoms with Gasteiger partial charge in [0.25, 0.3) is 0 Å². The molecule has 4 heteroatoms. The Morgan fingerprint density at radius 3 is 2.00 bits per heavy atom. The van der Waals surface area contributed by atoms with Gasteiger partial charge in [0.05, 0.1) is 12.4 Å². The first-order valence-electron chi connectivity index (χ1n) is 11.6. The van der Waals surface area contributed by atoms with Gasteiger partial charge < -0.3 is 16.0 Å². The monoisotopic (exact) mass is 366 g/mol. The fourth-order valence-corrected chi connectivity index (χ4v) is 3.75. The quantitative estimate of drug-likeness (QED) is 0.325. The summed E-state index contributed by atoms with van der Waals surface area (Å²) >= 11 is 0. The third-order valence-electron chi connectivity index (χ3n) is 5.41. The van der Waals surface area contributed by atoms with E-state index >= 15 is 0 Å². The van der Waals surface area contributed by atoms with E-state index in [9.17, 15) is 0 Å². The molecule has 0 radical (unpaired) electrons. The lowest BCUT2D eigenvalue weighted by atomic mass is 10.0. The van der Waals surface area contributed by atoms with Gasteiger partial charge in [0.15, 0.2) is 0 Å². The van der Waals surface area contributed by atoms with Crippen LogP contribution in [0.25, 0.3) is 0 Å². The lowest BCUT2D eigenvalue weighted by molar-refractivity contribution is 0.435. The molecule has 0 aromatic carbocycles. The standard InChI is InChI=1S/C22H46N4/c1-2-3-4-5-6-7-8-9-10-11-12-13-14-15-22-25-19-21-26(22)20-18-24-17-16-23/h24H,2-21,23H2,1H3. The Hall–Kier alpha value is -0.610. The number of hydrogen-bond acceptors (Lipinski definition) is 4. The number of nitrogens with two attached hydrogens (primary N) is 1. The number of nitrogens with one attached hydrogen (secondary N) is 1. The molecule has 0 fully saturated rings. The summed E-state index contributed by atoms with van der Waals surface area (Å²) in [5, 5.41) is 3.38. The maximum atomic E-state index is 5.51. The van der Waals surface area contributed by atoms with Gasteiger partial charge >= 0.3 is 0 Å². The van der Waals surface area contributed by atoms with Crippen molar-refractivity contribution in [3.63, 3.8) is 0 Å². The molecule has 1 aliphatic rings. The first-order chi connectivity index (χ1) is 12.9. The molecule has 1 heterocycles. The molecule has 0 spiro atoms. The third kappa shape index (κ3) is 12.7. The number of nitrogens with zero attached hydrogens (tertiary/aromatic N) is 2. The van der Waals surface area contributed by atoms with Crippen LogP contribution in [0.15, 0.2) is 4.99 Å². The van der Waals surface area contributed by atoms with Crippen molar-refractivity contribution in [3.05, 3.63) is 0 Å². The van der Waals surface area contributed by atoms with Crippen molar-refractivity contribution in [2.75, 3.05) is 39.3 Å². The summed E-state index contributed by atoms with van der Waals surface area (Å²) in [6, 6.07) is 0. The molecule has 0 saturated carbocycles. The Kier molecular flexibility index (Phi) is 16.0. The van der Waals surface area contributed by atoms with Crippen molar-refractivity contribution in [1.82, 2.24) is 10.2 Å². The van der Waals surface area contributed by atoms with Crippen molar-refractivity contribution < 1.29 is 0 Å². The Bertz CT molecular complexity index is 330. The molecule has 26 heavy (non-hydrogen) atoms. The first-order valence-corrected chi connectivity index (χ1v) is 11.6. The first kappa shape index (κ1) is 23.4. The normalized spacial score (nSPS) is 14.2. The second-order valence-electron chi connectivity index (χ2n) is 7.82. The zero-order valence-electron chi connectivity index (χ0n) is 17.6. The van der Waals surface area contributed by atoms with Crippen molar-refractivity contribution >= 4 is 5.84 Å². The SMILES string of the molecule is CCCCCCCCCCCCCCCC1=NCCN1CCNCCN. The highest BCUT2D eigenvalue weighted by Gasteiger charge is 2.15. The van der Waals surface area contributed by atoms with E-state index in [2.05, 4.69) is 17.1 Å². The van der Waals surface area contributed by atoms with Gasteiger partial charge in [-0.25, -0.2) is 0 Å². The average molecular weight is 367 g/mol. The third-order valence-corrected chi connectivity index (χ3v) is 5.41. The topological polar surface area (TPSA) is 53.6 Å². The molecule has 0 saturated heterocycles. The molecule has 0 bridgehead atoms. The lowest BCUT2D eigenvalue weighted by Gasteiger charge is -2.20. The Morgan fingerprint density at radius 2 is 1.42 bits per heavy atom. The molecule has 0 atom stereocenters. The fraction of sp³-hybridized carbons (Fsp3) is 0.955. The Morgan fingerprint density at radius 1 is 0.846 bits per heavy atom. The zero-order chi connectivity index (χ0) is 18.7. The van der Waals surface area contributed by atoms with E-state index < -0.39 is 0 Å². The van der Waals surface area contributed by atoms with Crippen molar-refractivity contribution in [2.24, 2.45) is 10.7 Å². The molecule has 3 N–H and O–H groups in total. The number of rotatable bonds is 19. The summed E-state index contributed by atoms with van der Waals surface area (Å²) in [6.07, 6.45) is 19.6. The summed E-state index contributed by atoms with van der Waals surface area (Å²) in [7, 11) is 0. The fourth-order valence-electron chi connectivity index (χ4n) is 3.75. The van der Waals surface area contributed by atoms with Crippen LogP contribution >= 0.6 is 0 Å². The van der Waals surface area contributed by atoms with E-state index in [4.69, 9.17) is 10.7 Å². The minimum absolute atomic E-state index is 0.722. The Labute approximate surface area is 163 Å². The average Bonchev–Trinajstić information content (AvgIpc) is 3.10. The van der Waals surface area contributed by atoms with Crippen molar-refractivity contribution in [3.8, 4) is 0 Å². The number of unbranched alkanes of at least 4 members (excludes halogenated alkanes) is 12. The van der Waals surface area contributed by atoms with E-state index in [0.717, 1.165) is 39.3 Å². The molecule has 0 aromatic heterocycles. The van der Waals surface area contributed by atoms with E-state index in [1.54, 1.807) is 0 Å². The summed E-state index contributed by atoms with van der Waals surface area (Å²) < 4.78 is 0.